The number of hydrogen-bond donors (Lipinski definition) is 1. The molecule has 0 bridgehead atoms. The third-order valence-corrected chi connectivity index (χ3v) is 1.95. The number of ether oxygens (including phenoxy) is 1. The van der Waals surface area contributed by atoms with Gasteiger partial charge in [0.1, 0.15) is 11.8 Å². The molecule has 1 aliphatic heterocycles. The molecular weight excluding hydrogens is 176 g/mol. The maximum Gasteiger partial charge on any atom is 0.219 e. The molecule has 0 spiro atoms. The molecule has 0 atom stereocenters. The molecule has 0 radical (unpaired) electrons. The van der Waals surface area contributed by atoms with Crippen LogP contribution in [0.1, 0.15) is 5.56 Å². The van der Waals surface area contributed by atoms with E-state index in [9.17, 15) is 0 Å². The van der Waals surface area contributed by atoms with Crippen molar-refractivity contribution in [2.24, 2.45) is 0 Å². The summed E-state index contributed by atoms with van der Waals surface area (Å²) < 4.78 is 5.37. The summed E-state index contributed by atoms with van der Waals surface area (Å²) in [6, 6.07) is 3.71. The molecule has 0 saturated carbocycles. The number of nitrogens with zero attached hydrogens (tertiary/aromatic N) is 1. The Bertz CT molecular complexity index is 290. The van der Waals surface area contributed by atoms with Gasteiger partial charge in [-0.05, 0) is 12.1 Å². The molecule has 4 heteroatoms. The fourth-order valence-corrected chi connectivity index (χ4v) is 1.29. The van der Waals surface area contributed by atoms with Crippen LogP contribution in [0, 0.1) is 0 Å². The number of hydrogen-bond acceptors (Lipinski definition) is 3. The maximum absolute atomic E-state index is 5.72. The molecular formula is C8H9ClN2O. The zero-order chi connectivity index (χ0) is 8.39. The first-order valence-electron chi connectivity index (χ1n) is 3.85. The number of halogens is 1. The summed E-state index contributed by atoms with van der Waals surface area (Å²) >= 11 is 5.72. The van der Waals surface area contributed by atoms with Gasteiger partial charge in [0, 0.05) is 18.7 Å². The molecule has 0 amide bonds. The predicted octanol–water partition coefficient (Wildman–Crippen LogP) is 1.22. The Labute approximate surface area is 75.7 Å². The van der Waals surface area contributed by atoms with Gasteiger partial charge in [0.15, 0.2) is 0 Å². The summed E-state index contributed by atoms with van der Waals surface area (Å²) in [7, 11) is 0. The van der Waals surface area contributed by atoms with Gasteiger partial charge in [-0.1, -0.05) is 11.6 Å². The predicted molar refractivity (Wildman–Crippen MR) is 46.4 cm³/mol. The second kappa shape index (κ2) is 3.29. The van der Waals surface area contributed by atoms with E-state index in [2.05, 4.69) is 10.3 Å². The second-order valence-corrected chi connectivity index (χ2v) is 3.01. The molecule has 3 nitrogen and oxygen atoms in total. The Morgan fingerprint density at radius 1 is 1.50 bits per heavy atom. The van der Waals surface area contributed by atoms with Gasteiger partial charge < -0.3 is 10.1 Å². The van der Waals surface area contributed by atoms with Crippen LogP contribution in [-0.2, 0) is 6.54 Å². The summed E-state index contributed by atoms with van der Waals surface area (Å²) in [4.78, 5) is 4.08. The summed E-state index contributed by atoms with van der Waals surface area (Å²) in [6.07, 6.45) is 0. The Morgan fingerprint density at radius 2 is 2.42 bits per heavy atom. The van der Waals surface area contributed by atoms with Crippen LogP contribution in [0.3, 0.4) is 0 Å². The van der Waals surface area contributed by atoms with Crippen molar-refractivity contribution in [1.82, 2.24) is 10.3 Å². The largest absolute Gasteiger partial charge is 0.476 e. The van der Waals surface area contributed by atoms with Crippen molar-refractivity contribution in [3.05, 3.63) is 22.8 Å². The van der Waals surface area contributed by atoms with Crippen molar-refractivity contribution >= 4 is 11.6 Å². The molecule has 0 aliphatic carbocycles. The van der Waals surface area contributed by atoms with E-state index >= 15 is 0 Å². The van der Waals surface area contributed by atoms with Gasteiger partial charge in [0.25, 0.3) is 0 Å². The average Bonchev–Trinajstić information content (AvgIpc) is 2.28. The van der Waals surface area contributed by atoms with Gasteiger partial charge in [0.05, 0.1) is 0 Å². The van der Waals surface area contributed by atoms with E-state index in [0.717, 1.165) is 18.7 Å². The highest BCUT2D eigenvalue weighted by molar-refractivity contribution is 6.29. The van der Waals surface area contributed by atoms with Crippen molar-refractivity contribution < 1.29 is 4.74 Å². The minimum Gasteiger partial charge on any atom is -0.476 e. The fraction of sp³-hybridized carbons (Fsp3) is 0.375. The fourth-order valence-electron chi connectivity index (χ4n) is 1.15. The molecule has 1 aliphatic rings. The smallest absolute Gasteiger partial charge is 0.219 e. The van der Waals surface area contributed by atoms with Gasteiger partial charge in [0.2, 0.25) is 5.88 Å². The number of pyridine rings is 1. The molecule has 2 heterocycles. The second-order valence-electron chi connectivity index (χ2n) is 2.62. The topological polar surface area (TPSA) is 34.1 Å². The quantitative estimate of drug-likeness (QED) is 0.616. The van der Waals surface area contributed by atoms with E-state index in [0.29, 0.717) is 17.6 Å². The SMILES string of the molecule is Clc1ccc2c(n1)OCCNC2. The molecule has 0 unspecified atom stereocenters. The third-order valence-electron chi connectivity index (χ3n) is 1.74. The lowest BCUT2D eigenvalue weighted by Crippen LogP contribution is -2.16. The Balaban J connectivity index is 2.36. The number of fused-ring (bicyclic) bond motifs is 1. The number of rotatable bonds is 0. The first-order chi connectivity index (χ1) is 5.86. The highest BCUT2D eigenvalue weighted by Gasteiger charge is 2.09. The van der Waals surface area contributed by atoms with Crippen molar-refractivity contribution in [3.63, 3.8) is 0 Å². The van der Waals surface area contributed by atoms with Crippen LogP contribution < -0.4 is 10.1 Å². The van der Waals surface area contributed by atoms with Crippen LogP contribution >= 0.6 is 11.6 Å². The first kappa shape index (κ1) is 7.83. The molecule has 1 aromatic heterocycles. The molecule has 64 valence electrons. The van der Waals surface area contributed by atoms with Gasteiger partial charge in [-0.3, -0.25) is 0 Å². The average molecular weight is 185 g/mol. The van der Waals surface area contributed by atoms with Crippen molar-refractivity contribution in [2.45, 2.75) is 6.54 Å². The molecule has 1 aromatic rings. The lowest BCUT2D eigenvalue weighted by molar-refractivity contribution is 0.314. The van der Waals surface area contributed by atoms with Crippen molar-refractivity contribution in [3.8, 4) is 5.88 Å². The van der Waals surface area contributed by atoms with Crippen LogP contribution in [-0.4, -0.2) is 18.1 Å². The number of nitrogens with one attached hydrogen (secondary N) is 1. The monoisotopic (exact) mass is 184 g/mol. The normalized spacial score (nSPS) is 16.1. The minimum atomic E-state index is 0.482. The van der Waals surface area contributed by atoms with E-state index in [1.54, 1.807) is 6.07 Å². The van der Waals surface area contributed by atoms with E-state index in [4.69, 9.17) is 16.3 Å². The Hall–Kier alpha value is -0.800. The van der Waals surface area contributed by atoms with Gasteiger partial charge in [-0.2, -0.15) is 0 Å². The first-order valence-corrected chi connectivity index (χ1v) is 4.23. The van der Waals surface area contributed by atoms with Gasteiger partial charge in [-0.15, -0.1) is 0 Å². The zero-order valence-electron chi connectivity index (χ0n) is 6.51. The highest BCUT2D eigenvalue weighted by atomic mass is 35.5. The standard InChI is InChI=1S/C8H9ClN2O/c9-7-2-1-6-5-10-3-4-12-8(6)11-7/h1-2,10H,3-5H2. The van der Waals surface area contributed by atoms with E-state index in [1.165, 1.54) is 0 Å². The minimum absolute atomic E-state index is 0.482. The number of aromatic nitrogens is 1. The summed E-state index contributed by atoms with van der Waals surface area (Å²) in [5.41, 5.74) is 1.07. The molecule has 0 fully saturated rings. The van der Waals surface area contributed by atoms with Crippen molar-refractivity contribution in [1.29, 1.82) is 0 Å². The van der Waals surface area contributed by atoms with Crippen LogP contribution in [0.25, 0.3) is 0 Å². The molecule has 1 N–H and O–H groups in total. The van der Waals surface area contributed by atoms with Crippen molar-refractivity contribution in [2.75, 3.05) is 13.2 Å². The maximum atomic E-state index is 5.72. The Morgan fingerprint density at radius 3 is 3.33 bits per heavy atom. The van der Waals surface area contributed by atoms with Crippen LogP contribution in [0.2, 0.25) is 5.15 Å². The van der Waals surface area contributed by atoms with E-state index in [-0.39, 0.29) is 0 Å². The molecule has 0 aromatic carbocycles. The van der Waals surface area contributed by atoms with Crippen LogP contribution in [0.4, 0.5) is 0 Å². The van der Waals surface area contributed by atoms with E-state index < -0.39 is 0 Å². The lowest BCUT2D eigenvalue weighted by Gasteiger charge is -2.03. The lowest BCUT2D eigenvalue weighted by atomic mass is 10.3. The molecule has 0 saturated heterocycles. The summed E-state index contributed by atoms with van der Waals surface area (Å²) in [5, 5.41) is 3.70. The van der Waals surface area contributed by atoms with E-state index in [1.807, 2.05) is 6.07 Å². The van der Waals surface area contributed by atoms with Crippen LogP contribution in [0.5, 0.6) is 5.88 Å². The Kier molecular flexibility index (Phi) is 2.15. The van der Waals surface area contributed by atoms with Gasteiger partial charge >= 0.3 is 0 Å². The zero-order valence-corrected chi connectivity index (χ0v) is 7.27. The summed E-state index contributed by atoms with van der Waals surface area (Å²) in [5.74, 6) is 0.660. The highest BCUT2D eigenvalue weighted by Crippen LogP contribution is 2.19. The summed E-state index contributed by atoms with van der Waals surface area (Å²) in [6.45, 7) is 2.31. The molecule has 2 rings (SSSR count). The van der Waals surface area contributed by atoms with Crippen LogP contribution in [0.15, 0.2) is 12.1 Å². The third kappa shape index (κ3) is 1.52. The van der Waals surface area contributed by atoms with Gasteiger partial charge in [-0.25, -0.2) is 4.98 Å². The molecule has 12 heavy (non-hydrogen) atoms.